The standard InChI is InChI=1S/C24H24N2O3/c1-28-16-8-9-21-19(12-16)17-10-11-26-14-20(24(27)29-2)18(13-22(26)23(17)25-21)15-6-4-3-5-7-15/h3-9,12,14,18,22,25H,10-11,13H2,1-2H3/t18-,22-/m1/s1. The van der Waals surface area contributed by atoms with E-state index in [-0.39, 0.29) is 17.9 Å². The van der Waals surface area contributed by atoms with Crippen LogP contribution in [0.2, 0.25) is 0 Å². The second kappa shape index (κ2) is 6.99. The van der Waals surface area contributed by atoms with Crippen molar-refractivity contribution in [3.8, 4) is 5.75 Å². The Balaban J connectivity index is 1.61. The van der Waals surface area contributed by atoms with Crippen LogP contribution in [0.25, 0.3) is 10.9 Å². The Morgan fingerprint density at radius 1 is 1.14 bits per heavy atom. The molecule has 3 aromatic rings. The maximum atomic E-state index is 12.5. The van der Waals surface area contributed by atoms with Crippen molar-refractivity contribution in [3.05, 3.63) is 77.1 Å². The second-order valence-electron chi connectivity index (χ2n) is 7.71. The summed E-state index contributed by atoms with van der Waals surface area (Å²) < 4.78 is 10.5. The molecule has 148 valence electrons. The van der Waals surface area contributed by atoms with E-state index in [1.54, 1.807) is 7.11 Å². The van der Waals surface area contributed by atoms with Gasteiger partial charge in [-0.15, -0.1) is 0 Å². The quantitative estimate of drug-likeness (QED) is 0.679. The lowest BCUT2D eigenvalue weighted by atomic mass is 9.80. The molecule has 3 heterocycles. The topological polar surface area (TPSA) is 54.6 Å². The molecule has 5 nitrogen and oxygen atoms in total. The number of nitrogens with one attached hydrogen (secondary N) is 1. The van der Waals surface area contributed by atoms with Crippen molar-refractivity contribution in [1.82, 2.24) is 9.88 Å². The summed E-state index contributed by atoms with van der Waals surface area (Å²) >= 11 is 0. The first kappa shape index (κ1) is 17.9. The molecule has 29 heavy (non-hydrogen) atoms. The van der Waals surface area contributed by atoms with Gasteiger partial charge in [-0.1, -0.05) is 30.3 Å². The molecule has 0 amide bonds. The molecule has 0 aliphatic carbocycles. The number of benzene rings is 2. The van der Waals surface area contributed by atoms with E-state index >= 15 is 0 Å². The summed E-state index contributed by atoms with van der Waals surface area (Å²) in [4.78, 5) is 18.5. The molecule has 0 fully saturated rings. The van der Waals surface area contributed by atoms with Gasteiger partial charge in [0.2, 0.25) is 0 Å². The third-order valence-electron chi connectivity index (χ3n) is 6.26. The number of methoxy groups -OCH3 is 2. The van der Waals surface area contributed by atoms with E-state index in [1.807, 2.05) is 30.5 Å². The largest absolute Gasteiger partial charge is 0.497 e. The summed E-state index contributed by atoms with van der Waals surface area (Å²) in [7, 11) is 3.16. The van der Waals surface area contributed by atoms with Crippen molar-refractivity contribution >= 4 is 16.9 Å². The molecule has 0 saturated heterocycles. The fraction of sp³-hybridized carbons (Fsp3) is 0.292. The highest BCUT2D eigenvalue weighted by atomic mass is 16.5. The Morgan fingerprint density at radius 2 is 1.97 bits per heavy atom. The van der Waals surface area contributed by atoms with Crippen LogP contribution < -0.4 is 4.74 Å². The first-order valence-electron chi connectivity index (χ1n) is 9.98. The number of H-pyrrole nitrogens is 1. The average Bonchev–Trinajstić information content (AvgIpc) is 3.16. The molecule has 5 rings (SSSR count). The van der Waals surface area contributed by atoms with Crippen molar-refractivity contribution in [2.75, 3.05) is 20.8 Å². The van der Waals surface area contributed by atoms with Crippen LogP contribution in [-0.2, 0) is 16.0 Å². The maximum absolute atomic E-state index is 12.5. The number of fused-ring (bicyclic) bond motifs is 5. The number of nitrogens with zero attached hydrogens (tertiary/aromatic N) is 1. The predicted octanol–water partition coefficient (Wildman–Crippen LogP) is 4.32. The Hall–Kier alpha value is -3.21. The monoisotopic (exact) mass is 388 g/mol. The number of carbonyl (C=O) groups is 1. The van der Waals surface area contributed by atoms with Gasteiger partial charge in [-0.2, -0.15) is 0 Å². The van der Waals surface area contributed by atoms with Crippen molar-refractivity contribution < 1.29 is 14.3 Å². The van der Waals surface area contributed by atoms with Crippen LogP contribution in [0.1, 0.15) is 35.2 Å². The normalized spacial score (nSPS) is 20.6. The van der Waals surface area contributed by atoms with Gasteiger partial charge in [0.1, 0.15) is 5.75 Å². The van der Waals surface area contributed by atoms with E-state index in [0.29, 0.717) is 0 Å². The lowest BCUT2D eigenvalue weighted by Crippen LogP contribution is -2.37. The molecule has 0 radical (unpaired) electrons. The zero-order valence-electron chi connectivity index (χ0n) is 16.6. The Labute approximate surface area is 169 Å². The molecule has 5 heteroatoms. The molecule has 0 unspecified atom stereocenters. The van der Waals surface area contributed by atoms with Crippen LogP contribution in [0.15, 0.2) is 60.3 Å². The molecule has 0 saturated carbocycles. The van der Waals surface area contributed by atoms with E-state index in [9.17, 15) is 4.79 Å². The molecular formula is C24H24N2O3. The summed E-state index contributed by atoms with van der Waals surface area (Å²) in [5, 5.41) is 1.23. The smallest absolute Gasteiger partial charge is 0.335 e. The Morgan fingerprint density at radius 3 is 2.72 bits per heavy atom. The highest BCUT2D eigenvalue weighted by Gasteiger charge is 2.38. The highest BCUT2D eigenvalue weighted by molar-refractivity contribution is 5.91. The summed E-state index contributed by atoms with van der Waals surface area (Å²) in [6, 6.07) is 16.6. The molecule has 2 atom stereocenters. The Bertz CT molecular complexity index is 1100. The highest BCUT2D eigenvalue weighted by Crippen LogP contribution is 2.46. The minimum atomic E-state index is -0.246. The van der Waals surface area contributed by atoms with Gasteiger partial charge >= 0.3 is 5.97 Å². The van der Waals surface area contributed by atoms with E-state index in [0.717, 1.165) is 41.8 Å². The molecule has 2 aliphatic heterocycles. The van der Waals surface area contributed by atoms with Crippen LogP contribution >= 0.6 is 0 Å². The van der Waals surface area contributed by atoms with Gasteiger partial charge in [0, 0.05) is 35.3 Å². The fourth-order valence-corrected chi connectivity index (χ4v) is 4.83. The lowest BCUT2D eigenvalue weighted by molar-refractivity contribution is -0.136. The third kappa shape index (κ3) is 2.89. The van der Waals surface area contributed by atoms with Crippen molar-refractivity contribution in [1.29, 1.82) is 0 Å². The number of rotatable bonds is 3. The van der Waals surface area contributed by atoms with Gasteiger partial charge in [-0.3, -0.25) is 0 Å². The lowest BCUT2D eigenvalue weighted by Gasteiger charge is -2.41. The number of carbonyl (C=O) groups excluding carboxylic acids is 1. The first-order chi connectivity index (χ1) is 14.2. The minimum Gasteiger partial charge on any atom is -0.497 e. The van der Waals surface area contributed by atoms with E-state index < -0.39 is 0 Å². The van der Waals surface area contributed by atoms with Crippen LogP contribution in [0.5, 0.6) is 5.75 Å². The van der Waals surface area contributed by atoms with Crippen molar-refractivity contribution in [2.24, 2.45) is 0 Å². The number of aromatic amines is 1. The molecule has 2 aliphatic rings. The number of hydrogen-bond acceptors (Lipinski definition) is 4. The zero-order chi connectivity index (χ0) is 20.0. The molecule has 1 aromatic heterocycles. The van der Waals surface area contributed by atoms with Crippen molar-refractivity contribution in [2.45, 2.75) is 24.8 Å². The van der Waals surface area contributed by atoms with Gasteiger partial charge in [-0.25, -0.2) is 4.79 Å². The summed E-state index contributed by atoms with van der Waals surface area (Å²) in [5.41, 5.74) is 5.63. The van der Waals surface area contributed by atoms with Gasteiger partial charge in [0.05, 0.1) is 25.8 Å². The number of ether oxygens (including phenoxy) is 2. The number of hydrogen-bond donors (Lipinski definition) is 1. The first-order valence-corrected chi connectivity index (χ1v) is 9.98. The van der Waals surface area contributed by atoms with E-state index in [2.05, 4.69) is 34.1 Å². The third-order valence-corrected chi connectivity index (χ3v) is 6.26. The van der Waals surface area contributed by atoms with Gasteiger partial charge in [-0.05, 0) is 42.2 Å². The number of esters is 1. The summed E-state index contributed by atoms with van der Waals surface area (Å²) in [5.74, 6) is 0.640. The van der Waals surface area contributed by atoms with Crippen LogP contribution in [0, 0.1) is 0 Å². The van der Waals surface area contributed by atoms with Crippen LogP contribution in [0.4, 0.5) is 0 Å². The SMILES string of the molecule is COC(=O)C1=CN2CCc3c([nH]c4ccc(OC)cc34)[C@H]2C[C@@H]1c1ccccc1. The number of aromatic nitrogens is 1. The van der Waals surface area contributed by atoms with Crippen LogP contribution in [0.3, 0.4) is 0 Å². The molecule has 0 spiro atoms. The molecular weight excluding hydrogens is 364 g/mol. The fourth-order valence-electron chi connectivity index (χ4n) is 4.83. The van der Waals surface area contributed by atoms with Gasteiger partial charge in [0.25, 0.3) is 0 Å². The van der Waals surface area contributed by atoms with Crippen molar-refractivity contribution in [3.63, 3.8) is 0 Å². The summed E-state index contributed by atoms with van der Waals surface area (Å²) in [6.07, 6.45) is 3.79. The maximum Gasteiger partial charge on any atom is 0.335 e. The minimum absolute atomic E-state index is 0.0109. The molecule has 2 aromatic carbocycles. The predicted molar refractivity (Wildman–Crippen MR) is 112 cm³/mol. The van der Waals surface area contributed by atoms with Gasteiger partial charge in [0.15, 0.2) is 0 Å². The average molecular weight is 388 g/mol. The second-order valence-corrected chi connectivity index (χ2v) is 7.71. The van der Waals surface area contributed by atoms with Crippen LogP contribution in [-0.4, -0.2) is 36.6 Å². The zero-order valence-corrected chi connectivity index (χ0v) is 16.6. The molecule has 0 bridgehead atoms. The van der Waals surface area contributed by atoms with E-state index in [4.69, 9.17) is 9.47 Å². The van der Waals surface area contributed by atoms with E-state index in [1.165, 1.54) is 23.8 Å². The summed E-state index contributed by atoms with van der Waals surface area (Å²) in [6.45, 7) is 0.879. The Kier molecular flexibility index (Phi) is 4.31. The molecule has 1 N–H and O–H groups in total. The van der Waals surface area contributed by atoms with Gasteiger partial charge < -0.3 is 19.4 Å².